The predicted molar refractivity (Wildman–Crippen MR) is 81.9 cm³/mol. The van der Waals surface area contributed by atoms with Gasteiger partial charge in [-0.1, -0.05) is 23.2 Å². The second kappa shape index (κ2) is 6.77. The van der Waals surface area contributed by atoms with Crippen molar-refractivity contribution in [3.8, 4) is 0 Å². The number of halogens is 3. The lowest BCUT2D eigenvalue weighted by molar-refractivity contribution is 0.0475. The molecule has 4 nitrogen and oxygen atoms in total. The maximum atomic E-state index is 13.2. The molecule has 0 spiro atoms. The summed E-state index contributed by atoms with van der Waals surface area (Å²) >= 11 is 11.5. The van der Waals surface area contributed by atoms with E-state index in [-0.39, 0.29) is 16.3 Å². The molecule has 0 heterocycles. The van der Waals surface area contributed by atoms with Crippen LogP contribution in [0.5, 0.6) is 0 Å². The van der Waals surface area contributed by atoms with Gasteiger partial charge in [0.1, 0.15) is 5.82 Å². The number of ketones is 1. The van der Waals surface area contributed by atoms with Crippen molar-refractivity contribution in [3.05, 3.63) is 63.4 Å². The summed E-state index contributed by atoms with van der Waals surface area (Å²) in [6, 6.07) is 8.10. The molecule has 0 fully saturated rings. The van der Waals surface area contributed by atoms with E-state index in [0.717, 1.165) is 12.1 Å². The molecule has 0 atom stereocenters. The van der Waals surface area contributed by atoms with Gasteiger partial charge in [0, 0.05) is 10.6 Å². The molecular weight excluding hydrogens is 332 g/mol. The SMILES string of the molecule is Nc1cc(C(=O)OCC(=O)c2ccc(Cl)cc2)c(Cl)cc1F. The molecule has 0 aromatic heterocycles. The number of Topliss-reactive ketones (excluding diaryl/α,β-unsaturated/α-hetero) is 1. The Hall–Kier alpha value is -2.11. The maximum absolute atomic E-state index is 13.2. The number of hydrogen-bond donors (Lipinski definition) is 1. The number of carbonyl (C=O) groups excluding carboxylic acids is 2. The predicted octanol–water partition coefficient (Wildman–Crippen LogP) is 3.75. The normalized spacial score (nSPS) is 10.3. The van der Waals surface area contributed by atoms with E-state index in [0.29, 0.717) is 10.6 Å². The Morgan fingerprint density at radius 1 is 1.14 bits per heavy atom. The van der Waals surface area contributed by atoms with Crippen LogP contribution in [0.4, 0.5) is 10.1 Å². The Morgan fingerprint density at radius 3 is 2.41 bits per heavy atom. The van der Waals surface area contributed by atoms with Gasteiger partial charge in [0.2, 0.25) is 0 Å². The molecule has 2 aromatic rings. The van der Waals surface area contributed by atoms with E-state index in [9.17, 15) is 14.0 Å². The van der Waals surface area contributed by atoms with Crippen LogP contribution in [0, 0.1) is 5.82 Å². The van der Waals surface area contributed by atoms with Crippen molar-refractivity contribution in [1.29, 1.82) is 0 Å². The topological polar surface area (TPSA) is 69.4 Å². The lowest BCUT2D eigenvalue weighted by atomic mass is 10.1. The van der Waals surface area contributed by atoms with Crippen molar-refractivity contribution in [2.45, 2.75) is 0 Å². The second-order valence-electron chi connectivity index (χ2n) is 4.36. The van der Waals surface area contributed by atoms with Gasteiger partial charge >= 0.3 is 5.97 Å². The number of benzene rings is 2. The molecule has 2 rings (SSSR count). The van der Waals surface area contributed by atoms with Gasteiger partial charge < -0.3 is 10.5 Å². The molecule has 7 heteroatoms. The first-order valence-corrected chi connectivity index (χ1v) is 6.84. The molecule has 2 N–H and O–H groups in total. The first kappa shape index (κ1) is 16.3. The molecule has 0 saturated carbocycles. The highest BCUT2D eigenvalue weighted by Crippen LogP contribution is 2.23. The van der Waals surface area contributed by atoms with E-state index in [1.54, 1.807) is 12.1 Å². The number of carbonyl (C=O) groups is 2. The molecule has 0 aliphatic rings. The lowest BCUT2D eigenvalue weighted by Gasteiger charge is -2.07. The van der Waals surface area contributed by atoms with Gasteiger partial charge in [-0.3, -0.25) is 4.79 Å². The molecule has 0 aliphatic heterocycles. The molecule has 0 unspecified atom stereocenters. The second-order valence-corrected chi connectivity index (χ2v) is 5.20. The summed E-state index contributed by atoms with van der Waals surface area (Å²) in [7, 11) is 0. The molecule has 114 valence electrons. The quantitative estimate of drug-likeness (QED) is 0.522. The fourth-order valence-electron chi connectivity index (χ4n) is 1.65. The van der Waals surface area contributed by atoms with Crippen LogP contribution < -0.4 is 5.73 Å². The summed E-state index contributed by atoms with van der Waals surface area (Å²) in [6.07, 6.45) is 0. The van der Waals surface area contributed by atoms with Gasteiger partial charge in [0.05, 0.1) is 16.3 Å². The fourth-order valence-corrected chi connectivity index (χ4v) is 2.00. The zero-order chi connectivity index (χ0) is 16.3. The highest BCUT2D eigenvalue weighted by Gasteiger charge is 2.17. The minimum absolute atomic E-state index is 0.107. The van der Waals surface area contributed by atoms with Crippen LogP contribution in [0.25, 0.3) is 0 Å². The smallest absolute Gasteiger partial charge is 0.340 e. The maximum Gasteiger partial charge on any atom is 0.340 e. The Balaban J connectivity index is 2.05. The molecular formula is C15H10Cl2FNO3. The number of anilines is 1. The average molecular weight is 342 g/mol. The monoisotopic (exact) mass is 341 g/mol. The minimum Gasteiger partial charge on any atom is -0.454 e. The number of hydrogen-bond acceptors (Lipinski definition) is 4. The van der Waals surface area contributed by atoms with Gasteiger partial charge in [-0.15, -0.1) is 0 Å². The van der Waals surface area contributed by atoms with Crippen molar-refractivity contribution in [3.63, 3.8) is 0 Å². The molecule has 2 aromatic carbocycles. The number of nitrogen functional groups attached to an aromatic ring is 1. The zero-order valence-electron chi connectivity index (χ0n) is 11.1. The van der Waals surface area contributed by atoms with Crippen molar-refractivity contribution < 1.29 is 18.7 Å². The van der Waals surface area contributed by atoms with Crippen LogP contribution in [0.2, 0.25) is 10.0 Å². The summed E-state index contributed by atoms with van der Waals surface area (Å²) < 4.78 is 18.0. The third kappa shape index (κ3) is 3.75. The van der Waals surface area contributed by atoms with Crippen LogP contribution in [-0.2, 0) is 4.74 Å². The number of nitrogens with two attached hydrogens (primary N) is 1. The largest absolute Gasteiger partial charge is 0.454 e. The minimum atomic E-state index is -0.862. The van der Waals surface area contributed by atoms with Gasteiger partial charge in [-0.2, -0.15) is 0 Å². The summed E-state index contributed by atoms with van der Waals surface area (Å²) in [5.74, 6) is -2.01. The number of rotatable bonds is 4. The third-order valence-electron chi connectivity index (χ3n) is 2.81. The molecule has 0 aliphatic carbocycles. The van der Waals surface area contributed by atoms with Crippen molar-refractivity contribution in [1.82, 2.24) is 0 Å². The van der Waals surface area contributed by atoms with E-state index in [2.05, 4.69) is 0 Å². The van der Waals surface area contributed by atoms with Gasteiger partial charge in [0.15, 0.2) is 12.4 Å². The lowest BCUT2D eigenvalue weighted by Crippen LogP contribution is -2.15. The van der Waals surface area contributed by atoms with Crippen molar-refractivity contribution in [2.75, 3.05) is 12.3 Å². The van der Waals surface area contributed by atoms with E-state index in [1.165, 1.54) is 12.1 Å². The summed E-state index contributed by atoms with van der Waals surface area (Å²) in [4.78, 5) is 23.7. The van der Waals surface area contributed by atoms with Crippen LogP contribution >= 0.6 is 23.2 Å². The van der Waals surface area contributed by atoms with E-state index in [4.69, 9.17) is 33.7 Å². The Morgan fingerprint density at radius 2 is 1.77 bits per heavy atom. The van der Waals surface area contributed by atoms with Crippen molar-refractivity contribution >= 4 is 40.6 Å². The first-order chi connectivity index (χ1) is 10.4. The van der Waals surface area contributed by atoms with Crippen LogP contribution in [0.1, 0.15) is 20.7 Å². The van der Waals surface area contributed by atoms with Crippen LogP contribution in [-0.4, -0.2) is 18.4 Å². The summed E-state index contributed by atoms with van der Waals surface area (Å²) in [5.41, 5.74) is 5.37. The first-order valence-electron chi connectivity index (χ1n) is 6.09. The van der Waals surface area contributed by atoms with Crippen LogP contribution in [0.3, 0.4) is 0 Å². The molecule has 0 amide bonds. The van der Waals surface area contributed by atoms with Gasteiger partial charge in [-0.25, -0.2) is 9.18 Å². The number of esters is 1. The molecule has 22 heavy (non-hydrogen) atoms. The van der Waals surface area contributed by atoms with Gasteiger partial charge in [0.25, 0.3) is 0 Å². The van der Waals surface area contributed by atoms with E-state index in [1.807, 2.05) is 0 Å². The Labute approximate surface area is 135 Å². The standard InChI is InChI=1S/C15H10Cl2FNO3/c16-9-3-1-8(2-4-9)14(20)7-22-15(21)10-5-13(19)12(18)6-11(10)17/h1-6H,7,19H2. The van der Waals surface area contributed by atoms with E-state index < -0.39 is 24.2 Å². The van der Waals surface area contributed by atoms with E-state index >= 15 is 0 Å². The average Bonchev–Trinajstić information content (AvgIpc) is 2.49. The number of ether oxygens (including phenoxy) is 1. The summed E-state index contributed by atoms with van der Waals surface area (Å²) in [6.45, 7) is -0.478. The Bertz CT molecular complexity index is 732. The van der Waals surface area contributed by atoms with Gasteiger partial charge in [-0.05, 0) is 36.4 Å². The molecule has 0 radical (unpaired) electrons. The highest BCUT2D eigenvalue weighted by molar-refractivity contribution is 6.33. The third-order valence-corrected chi connectivity index (χ3v) is 3.37. The molecule has 0 bridgehead atoms. The Kier molecular flexibility index (Phi) is 5.00. The molecule has 0 saturated heterocycles. The summed E-state index contributed by atoms with van der Waals surface area (Å²) in [5, 5.41) is 0.345. The van der Waals surface area contributed by atoms with Crippen molar-refractivity contribution in [2.24, 2.45) is 0 Å². The fraction of sp³-hybridized carbons (Fsp3) is 0.0667. The zero-order valence-corrected chi connectivity index (χ0v) is 12.6. The highest BCUT2D eigenvalue weighted by atomic mass is 35.5. The van der Waals surface area contributed by atoms with Crippen LogP contribution in [0.15, 0.2) is 36.4 Å².